The molecule has 4 nitrogen and oxygen atoms in total. The Labute approximate surface area is 127 Å². The normalized spacial score (nSPS) is 22.6. The number of likely N-dealkylation sites (tertiary alicyclic amines) is 1. The maximum atomic E-state index is 12.6. The molecule has 1 saturated heterocycles. The first-order valence-electron chi connectivity index (χ1n) is 7.22. The zero-order valence-electron chi connectivity index (χ0n) is 12.1. The molecule has 1 fully saturated rings. The lowest BCUT2D eigenvalue weighted by Gasteiger charge is -2.37. The molecule has 0 aliphatic carbocycles. The fourth-order valence-electron chi connectivity index (χ4n) is 2.86. The summed E-state index contributed by atoms with van der Waals surface area (Å²) in [6, 6.07) is 8.73. The van der Waals surface area contributed by atoms with E-state index >= 15 is 0 Å². The number of alkyl halides is 3. The van der Waals surface area contributed by atoms with Crippen LogP contribution in [0.25, 0.3) is 0 Å². The van der Waals surface area contributed by atoms with Gasteiger partial charge in [0.15, 0.2) is 0 Å². The summed E-state index contributed by atoms with van der Waals surface area (Å²) in [7, 11) is 0. The molecule has 1 heterocycles. The average Bonchev–Trinajstić information content (AvgIpc) is 2.44. The maximum Gasteiger partial charge on any atom is 0.389 e. The van der Waals surface area contributed by atoms with E-state index < -0.39 is 24.5 Å². The molecular weight excluding hydrogens is 295 g/mol. The number of hydrogen-bond donors (Lipinski definition) is 2. The van der Waals surface area contributed by atoms with Crippen molar-refractivity contribution in [1.29, 1.82) is 0 Å². The van der Waals surface area contributed by atoms with Gasteiger partial charge < -0.3 is 16.0 Å². The van der Waals surface area contributed by atoms with E-state index in [0.717, 1.165) is 5.56 Å². The molecule has 2 unspecified atom stereocenters. The summed E-state index contributed by atoms with van der Waals surface area (Å²) in [6.07, 6.45) is -4.73. The van der Waals surface area contributed by atoms with Crippen LogP contribution in [0.5, 0.6) is 0 Å². The van der Waals surface area contributed by atoms with Crippen LogP contribution < -0.4 is 11.1 Å². The van der Waals surface area contributed by atoms with Crippen LogP contribution in [0, 0.1) is 5.92 Å². The molecule has 3 N–H and O–H groups in total. The maximum absolute atomic E-state index is 12.6. The van der Waals surface area contributed by atoms with Crippen LogP contribution in [-0.2, 0) is 6.54 Å². The SMILES string of the molecule is NC(=O)N1CC(CC(F)(F)F)CC(NCc2ccccc2)C1. The molecule has 0 spiro atoms. The predicted molar refractivity (Wildman–Crippen MR) is 77.0 cm³/mol. The van der Waals surface area contributed by atoms with Crippen molar-refractivity contribution in [3.05, 3.63) is 35.9 Å². The second kappa shape index (κ2) is 7.00. The summed E-state index contributed by atoms with van der Waals surface area (Å²) in [4.78, 5) is 12.6. The van der Waals surface area contributed by atoms with Gasteiger partial charge in [0.25, 0.3) is 0 Å². The highest BCUT2D eigenvalue weighted by Gasteiger charge is 2.37. The number of urea groups is 1. The lowest BCUT2D eigenvalue weighted by Crippen LogP contribution is -2.53. The average molecular weight is 315 g/mol. The Hall–Kier alpha value is -1.76. The van der Waals surface area contributed by atoms with E-state index in [0.29, 0.717) is 19.5 Å². The molecule has 1 aliphatic rings. The fourth-order valence-corrected chi connectivity index (χ4v) is 2.86. The summed E-state index contributed by atoms with van der Waals surface area (Å²) in [5.74, 6) is -0.616. The Morgan fingerprint density at radius 2 is 1.95 bits per heavy atom. The lowest BCUT2D eigenvalue weighted by atomic mass is 9.91. The highest BCUT2D eigenvalue weighted by atomic mass is 19.4. The number of nitrogens with zero attached hydrogens (tertiary/aromatic N) is 1. The lowest BCUT2D eigenvalue weighted by molar-refractivity contribution is -0.148. The Morgan fingerprint density at radius 1 is 1.27 bits per heavy atom. The molecule has 2 amide bonds. The summed E-state index contributed by atoms with van der Waals surface area (Å²) in [6.45, 7) is 0.964. The molecule has 0 bridgehead atoms. The van der Waals surface area contributed by atoms with Crippen LogP contribution in [0.4, 0.5) is 18.0 Å². The number of rotatable bonds is 4. The van der Waals surface area contributed by atoms with Crippen molar-refractivity contribution in [2.75, 3.05) is 13.1 Å². The number of nitrogens with one attached hydrogen (secondary N) is 1. The van der Waals surface area contributed by atoms with E-state index in [1.807, 2.05) is 30.3 Å². The third-order valence-electron chi connectivity index (χ3n) is 3.81. The van der Waals surface area contributed by atoms with Gasteiger partial charge in [-0.05, 0) is 17.9 Å². The first-order chi connectivity index (χ1) is 10.3. The molecule has 2 atom stereocenters. The van der Waals surface area contributed by atoms with Crippen LogP contribution in [-0.4, -0.2) is 36.2 Å². The molecule has 0 aromatic heterocycles. The standard InChI is InChI=1S/C15H20F3N3O/c16-15(17,18)7-12-6-13(10-21(9-12)14(19)22)20-8-11-4-2-1-3-5-11/h1-5,12-13,20H,6-10H2,(H2,19,22). The van der Waals surface area contributed by atoms with E-state index in [1.165, 1.54) is 4.90 Å². The number of benzene rings is 1. The second-order valence-electron chi connectivity index (χ2n) is 5.73. The minimum Gasteiger partial charge on any atom is -0.351 e. The molecule has 1 aliphatic heterocycles. The Kier molecular flexibility index (Phi) is 5.28. The highest BCUT2D eigenvalue weighted by molar-refractivity contribution is 5.72. The van der Waals surface area contributed by atoms with E-state index in [4.69, 9.17) is 5.73 Å². The molecule has 7 heteroatoms. The van der Waals surface area contributed by atoms with Gasteiger partial charge in [-0.25, -0.2) is 4.79 Å². The fraction of sp³-hybridized carbons (Fsp3) is 0.533. The number of nitrogens with two attached hydrogens (primary N) is 1. The van der Waals surface area contributed by atoms with Gasteiger partial charge in [0.1, 0.15) is 0 Å². The van der Waals surface area contributed by atoms with Crippen LogP contribution in [0.15, 0.2) is 30.3 Å². The second-order valence-corrected chi connectivity index (χ2v) is 5.73. The molecule has 122 valence electrons. The monoisotopic (exact) mass is 315 g/mol. The summed E-state index contributed by atoms with van der Waals surface area (Å²) in [5, 5.41) is 3.22. The van der Waals surface area contributed by atoms with E-state index in [1.54, 1.807) is 0 Å². The minimum absolute atomic E-state index is 0.0678. The molecule has 2 rings (SSSR count). The van der Waals surface area contributed by atoms with Crippen LogP contribution in [0.3, 0.4) is 0 Å². The predicted octanol–water partition coefficient (Wildman–Crippen LogP) is 2.50. The number of carbonyl (C=O) groups excluding carboxylic acids is 1. The largest absolute Gasteiger partial charge is 0.389 e. The molecule has 1 aromatic rings. The van der Waals surface area contributed by atoms with E-state index in [-0.39, 0.29) is 12.6 Å². The highest BCUT2D eigenvalue weighted by Crippen LogP contribution is 2.30. The molecule has 0 saturated carbocycles. The number of piperidine rings is 1. The van der Waals surface area contributed by atoms with Crippen molar-refractivity contribution >= 4 is 6.03 Å². The Morgan fingerprint density at radius 3 is 2.55 bits per heavy atom. The number of primary amides is 1. The molecule has 1 aromatic carbocycles. The number of carbonyl (C=O) groups is 1. The van der Waals surface area contributed by atoms with Gasteiger partial charge in [0, 0.05) is 32.1 Å². The number of hydrogen-bond acceptors (Lipinski definition) is 2. The zero-order valence-corrected chi connectivity index (χ0v) is 12.1. The van der Waals surface area contributed by atoms with Crippen LogP contribution >= 0.6 is 0 Å². The number of halogens is 3. The van der Waals surface area contributed by atoms with Gasteiger partial charge in [-0.2, -0.15) is 13.2 Å². The summed E-state index contributed by atoms with van der Waals surface area (Å²) < 4.78 is 37.8. The van der Waals surface area contributed by atoms with Crippen molar-refractivity contribution in [3.8, 4) is 0 Å². The first-order valence-corrected chi connectivity index (χ1v) is 7.22. The van der Waals surface area contributed by atoms with Gasteiger partial charge in [0.05, 0.1) is 0 Å². The quantitative estimate of drug-likeness (QED) is 0.897. The number of amides is 2. The van der Waals surface area contributed by atoms with E-state index in [9.17, 15) is 18.0 Å². The summed E-state index contributed by atoms with van der Waals surface area (Å²) in [5.41, 5.74) is 6.29. The van der Waals surface area contributed by atoms with Gasteiger partial charge >= 0.3 is 12.2 Å². The topological polar surface area (TPSA) is 58.4 Å². The van der Waals surface area contributed by atoms with Crippen LogP contribution in [0.1, 0.15) is 18.4 Å². The first kappa shape index (κ1) is 16.6. The summed E-state index contributed by atoms with van der Waals surface area (Å²) >= 11 is 0. The molecular formula is C15H20F3N3O. The van der Waals surface area contributed by atoms with Crippen molar-refractivity contribution in [3.63, 3.8) is 0 Å². The Bertz CT molecular complexity index is 493. The van der Waals surface area contributed by atoms with E-state index in [2.05, 4.69) is 5.32 Å². The Balaban J connectivity index is 1.95. The van der Waals surface area contributed by atoms with Crippen LogP contribution in [0.2, 0.25) is 0 Å². The van der Waals surface area contributed by atoms with Crippen molar-refractivity contribution in [2.45, 2.75) is 31.6 Å². The smallest absolute Gasteiger partial charge is 0.351 e. The third kappa shape index (κ3) is 5.22. The van der Waals surface area contributed by atoms with Gasteiger partial charge in [0.2, 0.25) is 0 Å². The zero-order chi connectivity index (χ0) is 16.2. The minimum atomic E-state index is -4.23. The van der Waals surface area contributed by atoms with Gasteiger partial charge in [-0.3, -0.25) is 0 Å². The molecule has 22 heavy (non-hydrogen) atoms. The van der Waals surface area contributed by atoms with Crippen molar-refractivity contribution in [2.24, 2.45) is 11.7 Å². The van der Waals surface area contributed by atoms with Gasteiger partial charge in [-0.15, -0.1) is 0 Å². The van der Waals surface area contributed by atoms with Crippen molar-refractivity contribution < 1.29 is 18.0 Å². The third-order valence-corrected chi connectivity index (χ3v) is 3.81. The van der Waals surface area contributed by atoms with Crippen molar-refractivity contribution in [1.82, 2.24) is 10.2 Å². The molecule has 0 radical (unpaired) electrons. The van der Waals surface area contributed by atoms with Gasteiger partial charge in [-0.1, -0.05) is 30.3 Å².